The van der Waals surface area contributed by atoms with Crippen LogP contribution in [0.2, 0.25) is 10.0 Å². The minimum Gasteiger partial charge on any atom is -0.504 e. The number of nitrogens with one attached hydrogen (secondary N) is 1. The summed E-state index contributed by atoms with van der Waals surface area (Å²) in [5, 5.41) is 12.9. The van der Waals surface area contributed by atoms with Gasteiger partial charge in [-0.05, 0) is 30.9 Å². The van der Waals surface area contributed by atoms with Crippen molar-refractivity contribution in [3.8, 4) is 5.75 Å². The maximum absolute atomic E-state index is 11.9. The third kappa shape index (κ3) is 2.85. The largest absolute Gasteiger partial charge is 0.504 e. The number of aromatic hydroxyl groups is 1. The second kappa shape index (κ2) is 4.75. The van der Waals surface area contributed by atoms with Crippen LogP contribution >= 0.6 is 23.2 Å². The Balaban J connectivity index is 2.14. The first-order valence-electron chi connectivity index (χ1n) is 5.48. The molecule has 0 aliphatic heterocycles. The molecule has 0 saturated heterocycles. The lowest BCUT2D eigenvalue weighted by Gasteiger charge is -2.13. The van der Waals surface area contributed by atoms with E-state index in [9.17, 15) is 9.90 Å². The van der Waals surface area contributed by atoms with Gasteiger partial charge in [-0.25, -0.2) is 0 Å². The van der Waals surface area contributed by atoms with Gasteiger partial charge in [0.05, 0.1) is 10.7 Å². The number of rotatable bonds is 3. The molecule has 2 rings (SSSR count). The first-order valence-corrected chi connectivity index (χ1v) is 6.23. The van der Waals surface area contributed by atoms with Crippen molar-refractivity contribution in [3.05, 3.63) is 22.2 Å². The summed E-state index contributed by atoms with van der Waals surface area (Å²) in [5.41, 5.74) is 0.264. The molecule has 2 N–H and O–H groups in total. The minimum absolute atomic E-state index is 0.0489. The number of benzene rings is 1. The van der Waals surface area contributed by atoms with E-state index in [0.29, 0.717) is 10.9 Å². The number of phenols is 1. The van der Waals surface area contributed by atoms with E-state index >= 15 is 0 Å². The van der Waals surface area contributed by atoms with Crippen LogP contribution in [0.4, 0.5) is 5.69 Å². The van der Waals surface area contributed by atoms with Crippen LogP contribution in [0.1, 0.15) is 19.8 Å². The van der Waals surface area contributed by atoms with Gasteiger partial charge in [-0.15, -0.1) is 0 Å². The Morgan fingerprint density at radius 3 is 2.71 bits per heavy atom. The number of anilines is 1. The van der Waals surface area contributed by atoms with Crippen LogP contribution in [0, 0.1) is 11.8 Å². The first-order chi connectivity index (χ1) is 7.99. The van der Waals surface area contributed by atoms with Gasteiger partial charge < -0.3 is 10.4 Å². The zero-order valence-corrected chi connectivity index (χ0v) is 10.8. The van der Waals surface area contributed by atoms with Crippen LogP contribution < -0.4 is 5.32 Å². The van der Waals surface area contributed by atoms with Gasteiger partial charge in [0.2, 0.25) is 5.91 Å². The Morgan fingerprint density at radius 1 is 1.47 bits per heavy atom. The smallest absolute Gasteiger partial charge is 0.227 e. The topological polar surface area (TPSA) is 49.3 Å². The highest BCUT2D eigenvalue weighted by molar-refractivity contribution is 6.36. The average molecular weight is 274 g/mol. The SMILES string of the molecule is CC(C(=O)Nc1cc(Cl)cc(Cl)c1O)C1CC1. The zero-order valence-electron chi connectivity index (χ0n) is 9.34. The van der Waals surface area contributed by atoms with Gasteiger partial charge in [-0.3, -0.25) is 4.79 Å². The summed E-state index contributed by atoms with van der Waals surface area (Å²) in [6.07, 6.45) is 2.19. The van der Waals surface area contributed by atoms with Crippen LogP contribution in [0.5, 0.6) is 5.75 Å². The molecule has 1 unspecified atom stereocenters. The number of phenolic OH excluding ortho intramolecular Hbond substituents is 1. The van der Waals surface area contributed by atoms with Crippen molar-refractivity contribution in [1.82, 2.24) is 0 Å². The summed E-state index contributed by atoms with van der Waals surface area (Å²) in [4.78, 5) is 11.9. The van der Waals surface area contributed by atoms with Crippen molar-refractivity contribution in [2.45, 2.75) is 19.8 Å². The van der Waals surface area contributed by atoms with Crippen molar-refractivity contribution in [3.63, 3.8) is 0 Å². The summed E-state index contributed by atoms with van der Waals surface area (Å²) in [6.45, 7) is 1.89. The molecule has 17 heavy (non-hydrogen) atoms. The number of halogens is 2. The van der Waals surface area contributed by atoms with E-state index in [0.717, 1.165) is 12.8 Å². The lowest BCUT2D eigenvalue weighted by atomic mass is 10.1. The van der Waals surface area contributed by atoms with Gasteiger partial charge >= 0.3 is 0 Å². The quantitative estimate of drug-likeness (QED) is 0.826. The molecule has 1 saturated carbocycles. The van der Waals surface area contributed by atoms with E-state index in [-0.39, 0.29) is 28.3 Å². The normalized spacial score (nSPS) is 16.6. The van der Waals surface area contributed by atoms with Gasteiger partial charge in [0, 0.05) is 10.9 Å². The van der Waals surface area contributed by atoms with E-state index in [1.54, 1.807) is 0 Å². The number of carbonyl (C=O) groups excluding carboxylic acids is 1. The molecule has 0 heterocycles. The number of hydrogen-bond donors (Lipinski definition) is 2. The lowest BCUT2D eigenvalue weighted by Crippen LogP contribution is -2.21. The summed E-state index contributed by atoms with van der Waals surface area (Å²) >= 11 is 11.6. The number of carbonyl (C=O) groups is 1. The van der Waals surface area contributed by atoms with Gasteiger partial charge in [0.1, 0.15) is 0 Å². The van der Waals surface area contributed by atoms with E-state index in [1.165, 1.54) is 12.1 Å². The monoisotopic (exact) mass is 273 g/mol. The highest BCUT2D eigenvalue weighted by Gasteiger charge is 2.32. The molecule has 1 fully saturated rings. The fraction of sp³-hybridized carbons (Fsp3) is 0.417. The van der Waals surface area contributed by atoms with E-state index in [1.807, 2.05) is 6.92 Å². The molecule has 1 amide bonds. The van der Waals surface area contributed by atoms with Crippen LogP contribution in [0.3, 0.4) is 0 Å². The van der Waals surface area contributed by atoms with E-state index < -0.39 is 0 Å². The van der Waals surface area contributed by atoms with E-state index in [2.05, 4.69) is 5.32 Å². The van der Waals surface area contributed by atoms with Crippen molar-refractivity contribution in [2.24, 2.45) is 11.8 Å². The number of amides is 1. The van der Waals surface area contributed by atoms with Crippen molar-refractivity contribution in [1.29, 1.82) is 0 Å². The molecule has 1 aromatic carbocycles. The Hall–Kier alpha value is -0.930. The Labute approximate surface area is 110 Å². The fourth-order valence-electron chi connectivity index (χ4n) is 1.72. The third-order valence-electron chi connectivity index (χ3n) is 3.03. The molecule has 1 aromatic rings. The average Bonchev–Trinajstić information content (AvgIpc) is 3.07. The maximum atomic E-state index is 11.9. The van der Waals surface area contributed by atoms with Crippen molar-refractivity contribution >= 4 is 34.8 Å². The highest BCUT2D eigenvalue weighted by atomic mass is 35.5. The molecule has 0 bridgehead atoms. The molecule has 0 aromatic heterocycles. The van der Waals surface area contributed by atoms with Crippen LogP contribution in [-0.2, 0) is 4.79 Å². The molecule has 0 spiro atoms. The fourth-order valence-corrected chi connectivity index (χ4v) is 2.21. The van der Waals surface area contributed by atoms with Gasteiger partial charge in [-0.1, -0.05) is 30.1 Å². The molecule has 1 atom stereocenters. The van der Waals surface area contributed by atoms with Gasteiger partial charge in [0.15, 0.2) is 5.75 Å². The van der Waals surface area contributed by atoms with Crippen LogP contribution in [0.15, 0.2) is 12.1 Å². The number of hydrogen-bond acceptors (Lipinski definition) is 2. The molecule has 0 radical (unpaired) electrons. The minimum atomic E-state index is -0.146. The molecule has 1 aliphatic carbocycles. The third-order valence-corrected chi connectivity index (χ3v) is 3.54. The molecule has 1 aliphatic rings. The van der Waals surface area contributed by atoms with Crippen molar-refractivity contribution in [2.75, 3.05) is 5.32 Å². The molecule has 5 heteroatoms. The highest BCUT2D eigenvalue weighted by Crippen LogP contribution is 2.39. The molecular formula is C12H13Cl2NO2. The summed E-state index contributed by atoms with van der Waals surface area (Å²) in [7, 11) is 0. The summed E-state index contributed by atoms with van der Waals surface area (Å²) < 4.78 is 0. The Morgan fingerprint density at radius 2 is 2.12 bits per heavy atom. The lowest BCUT2D eigenvalue weighted by molar-refractivity contribution is -0.119. The molecular weight excluding hydrogens is 261 g/mol. The second-order valence-electron chi connectivity index (χ2n) is 4.40. The predicted octanol–water partition coefficient (Wildman–Crippen LogP) is 3.68. The maximum Gasteiger partial charge on any atom is 0.227 e. The summed E-state index contributed by atoms with van der Waals surface area (Å²) in [5.74, 6) is 0.160. The second-order valence-corrected chi connectivity index (χ2v) is 5.24. The van der Waals surface area contributed by atoms with Gasteiger partial charge in [0.25, 0.3) is 0 Å². The summed E-state index contributed by atoms with van der Waals surface area (Å²) in [6, 6.07) is 2.92. The van der Waals surface area contributed by atoms with E-state index in [4.69, 9.17) is 23.2 Å². The zero-order chi connectivity index (χ0) is 12.6. The standard InChI is InChI=1S/C12H13Cl2NO2/c1-6(7-2-3-7)12(17)15-10-5-8(13)4-9(14)11(10)16/h4-7,16H,2-3H2,1H3,(H,15,17). The van der Waals surface area contributed by atoms with Crippen LogP contribution in [-0.4, -0.2) is 11.0 Å². The molecule has 3 nitrogen and oxygen atoms in total. The Kier molecular flexibility index (Phi) is 3.50. The van der Waals surface area contributed by atoms with Gasteiger partial charge in [-0.2, -0.15) is 0 Å². The van der Waals surface area contributed by atoms with Crippen molar-refractivity contribution < 1.29 is 9.90 Å². The first kappa shape index (κ1) is 12.5. The predicted molar refractivity (Wildman–Crippen MR) is 68.6 cm³/mol. The Bertz CT molecular complexity index is 458. The molecule has 92 valence electrons. The van der Waals surface area contributed by atoms with Crippen LogP contribution in [0.25, 0.3) is 0 Å².